The van der Waals surface area contributed by atoms with Crippen molar-refractivity contribution in [3.63, 3.8) is 0 Å². The highest BCUT2D eigenvalue weighted by Crippen LogP contribution is 2.35. The standard InChI is InChI=1S/C6H15Si.C6H13.BrH.Mg/c1-6(2,3)7(4)5;1-3-5-6-4-2;;/h1-5H3;1,3-6H2,2H3;1H;. The van der Waals surface area contributed by atoms with Crippen LogP contribution in [-0.2, 0) is 0 Å². The van der Waals surface area contributed by atoms with Gasteiger partial charge in [-0.2, -0.15) is 0 Å². The second kappa shape index (κ2) is 8.54. The Morgan fingerprint density at radius 3 is 1.93 bits per heavy atom. The van der Waals surface area contributed by atoms with Crippen LogP contribution in [0.2, 0.25) is 22.7 Å². The molecule has 0 spiro atoms. The molecule has 0 bridgehead atoms. The summed E-state index contributed by atoms with van der Waals surface area (Å²) in [5, 5.41) is 0.643. The van der Waals surface area contributed by atoms with Gasteiger partial charge in [-0.25, -0.2) is 0 Å². The lowest BCUT2D eigenvalue weighted by Crippen LogP contribution is -2.43. The van der Waals surface area contributed by atoms with E-state index in [1.54, 1.807) is 4.55 Å². The molecule has 0 aromatic heterocycles. The third-order valence-corrected chi connectivity index (χ3v) is 18.1. The molecule has 90 valence electrons. The number of halogens is 1. The highest BCUT2D eigenvalue weighted by molar-refractivity contribution is 8.93. The summed E-state index contributed by atoms with van der Waals surface area (Å²) < 4.78 is 1.61. The minimum atomic E-state index is -0.826. The summed E-state index contributed by atoms with van der Waals surface area (Å²) in [7, 11) is 0. The minimum Gasteiger partial charge on any atom is -0.148 e. The van der Waals surface area contributed by atoms with E-state index in [-0.39, 0.29) is 36.6 Å². The summed E-state index contributed by atoms with van der Waals surface area (Å²) in [6.45, 7) is 14.9. The van der Waals surface area contributed by atoms with Gasteiger partial charge in [-0.1, -0.05) is 77.2 Å². The third-order valence-electron chi connectivity index (χ3n) is 3.94. The van der Waals surface area contributed by atoms with Crippen molar-refractivity contribution >= 4 is 42.3 Å². The van der Waals surface area contributed by atoms with Gasteiger partial charge in [0.1, 0.15) is 0 Å². The summed E-state index contributed by atoms with van der Waals surface area (Å²) >= 11 is 0.246. The zero-order valence-electron chi connectivity index (χ0n) is 11.7. The molecule has 3 heteroatoms. The van der Waals surface area contributed by atoms with Crippen LogP contribution in [0.4, 0.5) is 0 Å². The van der Waals surface area contributed by atoms with E-state index in [0.717, 1.165) is 0 Å². The Kier molecular flexibility index (Phi) is 10.7. The van der Waals surface area contributed by atoms with E-state index in [9.17, 15) is 0 Å². The maximum Gasteiger partial charge on any atom is 0.364 e. The first-order valence-corrected chi connectivity index (χ1v) is 12.6. The number of rotatable bonds is 6. The molecule has 0 atom stereocenters. The first kappa shape index (κ1) is 18.8. The van der Waals surface area contributed by atoms with Crippen LogP contribution >= 0.6 is 17.0 Å². The van der Waals surface area contributed by atoms with Crippen molar-refractivity contribution in [2.24, 2.45) is 0 Å². The Balaban J connectivity index is 0. The fourth-order valence-corrected chi connectivity index (χ4v) is 9.43. The molecule has 0 aromatic carbocycles. The van der Waals surface area contributed by atoms with Gasteiger partial charge in [0.2, 0.25) is 0 Å². The van der Waals surface area contributed by atoms with Crippen LogP contribution in [0.15, 0.2) is 0 Å². The van der Waals surface area contributed by atoms with Crippen LogP contribution in [0.1, 0.15) is 53.4 Å². The Labute approximate surface area is 118 Å². The Morgan fingerprint density at radius 1 is 1.00 bits per heavy atom. The molecule has 0 aliphatic rings. The first-order chi connectivity index (χ1) is 6.31. The van der Waals surface area contributed by atoms with E-state index in [1.807, 2.05) is 0 Å². The van der Waals surface area contributed by atoms with Crippen LogP contribution in [0.5, 0.6) is 0 Å². The van der Waals surface area contributed by atoms with E-state index in [1.165, 1.54) is 25.7 Å². The largest absolute Gasteiger partial charge is 0.364 e. The molecule has 0 fully saturated rings. The van der Waals surface area contributed by atoms with Crippen molar-refractivity contribution in [1.29, 1.82) is 0 Å². The third kappa shape index (κ3) is 8.22. The number of unbranched alkanes of at least 4 members (excludes halogenated alkanes) is 3. The molecule has 0 N–H and O–H groups in total. The van der Waals surface area contributed by atoms with Gasteiger partial charge >= 0.3 is 19.6 Å². The fourth-order valence-electron chi connectivity index (χ4n) is 1.55. The van der Waals surface area contributed by atoms with Crippen LogP contribution in [0, 0.1) is 0 Å². The quantitative estimate of drug-likeness (QED) is 0.463. The zero-order chi connectivity index (χ0) is 11.2. The van der Waals surface area contributed by atoms with Gasteiger partial charge in [0.05, 0.1) is 0 Å². The molecule has 0 rings (SSSR count). The maximum absolute atomic E-state index is 2.61. The summed E-state index contributed by atoms with van der Waals surface area (Å²) in [6.07, 6.45) is 5.83. The van der Waals surface area contributed by atoms with Crippen molar-refractivity contribution in [2.45, 2.75) is 76.1 Å². The van der Waals surface area contributed by atoms with E-state index in [0.29, 0.717) is 5.04 Å². The molecule has 0 radical (unpaired) electrons. The molecule has 0 aromatic rings. The monoisotopic (exact) mass is 304 g/mol. The molecule has 0 saturated carbocycles. The van der Waals surface area contributed by atoms with Gasteiger partial charge in [-0.05, 0) is 0 Å². The molecular formula is C12H29BrMgSi. The second-order valence-electron chi connectivity index (χ2n) is 6.30. The zero-order valence-corrected chi connectivity index (χ0v) is 15.8. The lowest BCUT2D eigenvalue weighted by atomic mass is 10.2. The fraction of sp³-hybridized carbons (Fsp3) is 1.00. The van der Waals surface area contributed by atoms with E-state index < -0.39 is 5.72 Å². The van der Waals surface area contributed by atoms with Gasteiger partial charge in [-0.15, -0.1) is 21.5 Å². The highest BCUT2D eigenvalue weighted by Gasteiger charge is 2.34. The van der Waals surface area contributed by atoms with Crippen molar-refractivity contribution < 1.29 is 0 Å². The highest BCUT2D eigenvalue weighted by atomic mass is 79.9. The summed E-state index contributed by atoms with van der Waals surface area (Å²) in [6, 6.07) is 0. The Morgan fingerprint density at radius 2 is 1.53 bits per heavy atom. The molecule has 0 saturated heterocycles. The molecule has 15 heavy (non-hydrogen) atoms. The predicted molar refractivity (Wildman–Crippen MR) is 82.2 cm³/mol. The van der Waals surface area contributed by atoms with E-state index in [2.05, 4.69) is 40.8 Å². The number of hydrogen-bond donors (Lipinski definition) is 0. The molecule has 0 nitrogen and oxygen atoms in total. The van der Waals surface area contributed by atoms with Gasteiger partial charge < -0.3 is 0 Å². The van der Waals surface area contributed by atoms with Gasteiger partial charge in [0, 0.05) is 0 Å². The van der Waals surface area contributed by atoms with Crippen LogP contribution in [0.3, 0.4) is 0 Å². The SMILES string of the molecule is Br.CCCCC[CH2][Mg][Si](C)(C)C(C)(C)C. The van der Waals surface area contributed by atoms with Crippen LogP contribution in [-0.4, -0.2) is 25.3 Å². The van der Waals surface area contributed by atoms with Crippen LogP contribution in [0.25, 0.3) is 0 Å². The van der Waals surface area contributed by atoms with Gasteiger partial charge in [0.15, 0.2) is 0 Å². The van der Waals surface area contributed by atoms with E-state index in [4.69, 9.17) is 0 Å². The first-order valence-electron chi connectivity index (χ1n) is 6.31. The molecule has 0 unspecified atom stereocenters. The van der Waals surface area contributed by atoms with Crippen molar-refractivity contribution in [1.82, 2.24) is 0 Å². The van der Waals surface area contributed by atoms with E-state index >= 15 is 0 Å². The Bertz CT molecular complexity index is 152. The average Bonchev–Trinajstić information content (AvgIpc) is 2.02. The van der Waals surface area contributed by atoms with Crippen molar-refractivity contribution in [2.75, 3.05) is 0 Å². The summed E-state index contributed by atoms with van der Waals surface area (Å²) in [5.41, 5.74) is -0.826. The lowest BCUT2D eigenvalue weighted by molar-refractivity contribution is 0.699. The normalized spacial score (nSPS) is 11.9. The minimum absolute atomic E-state index is 0. The molecule has 0 aliphatic carbocycles. The number of hydrogen-bond acceptors (Lipinski definition) is 0. The lowest BCUT2D eigenvalue weighted by Gasteiger charge is -2.38. The molecular weight excluding hydrogens is 276 g/mol. The maximum atomic E-state index is 2.61. The Hall–Kier alpha value is 1.46. The van der Waals surface area contributed by atoms with Gasteiger partial charge in [-0.3, -0.25) is 0 Å². The predicted octanol–water partition coefficient (Wildman–Crippen LogP) is 5.27. The molecule has 0 amide bonds. The molecule has 0 aliphatic heterocycles. The van der Waals surface area contributed by atoms with Crippen LogP contribution < -0.4 is 0 Å². The molecule has 0 heterocycles. The van der Waals surface area contributed by atoms with Crippen molar-refractivity contribution in [3.8, 4) is 0 Å². The van der Waals surface area contributed by atoms with Crippen molar-refractivity contribution in [3.05, 3.63) is 0 Å². The summed E-state index contributed by atoms with van der Waals surface area (Å²) in [4.78, 5) is 0. The average molecular weight is 306 g/mol. The second-order valence-corrected chi connectivity index (χ2v) is 19.6. The smallest absolute Gasteiger partial charge is 0.148 e. The topological polar surface area (TPSA) is 0 Å². The van der Waals surface area contributed by atoms with Gasteiger partial charge in [0.25, 0.3) is 0 Å². The summed E-state index contributed by atoms with van der Waals surface area (Å²) in [5.74, 6) is 0.